The zero-order valence-electron chi connectivity index (χ0n) is 17.1. The van der Waals surface area contributed by atoms with E-state index in [1.54, 1.807) is 13.3 Å². The predicted molar refractivity (Wildman–Crippen MR) is 113 cm³/mol. The van der Waals surface area contributed by atoms with E-state index in [1.807, 2.05) is 25.1 Å². The number of nitrogens with one attached hydrogen (secondary N) is 2. The third-order valence-electron chi connectivity index (χ3n) is 5.51. The maximum absolute atomic E-state index is 12.6. The van der Waals surface area contributed by atoms with Crippen LogP contribution in [0.1, 0.15) is 23.7 Å². The molecule has 2 unspecified atom stereocenters. The number of rotatable bonds is 6. The molecular weight excluding hydrogens is 406 g/mol. The normalized spacial score (nSPS) is 23.4. The van der Waals surface area contributed by atoms with Gasteiger partial charge in [0.2, 0.25) is 0 Å². The second kappa shape index (κ2) is 8.84. The summed E-state index contributed by atoms with van der Waals surface area (Å²) in [6, 6.07) is 5.33. The molecular formula is C20H27N5O4S. The Labute approximate surface area is 179 Å². The van der Waals surface area contributed by atoms with E-state index in [2.05, 4.69) is 24.9 Å². The van der Waals surface area contributed by atoms with E-state index >= 15 is 0 Å². The van der Waals surface area contributed by atoms with Crippen LogP contribution in [-0.4, -0.2) is 77.0 Å². The molecule has 2 aliphatic rings. The van der Waals surface area contributed by atoms with Gasteiger partial charge in [0, 0.05) is 37.3 Å². The second-order valence-electron chi connectivity index (χ2n) is 8.01. The van der Waals surface area contributed by atoms with Gasteiger partial charge in [0.05, 0.1) is 32.2 Å². The number of aliphatic hydroxyl groups is 1. The quantitative estimate of drug-likeness (QED) is 0.635. The zero-order valence-corrected chi connectivity index (χ0v) is 17.9. The lowest BCUT2D eigenvalue weighted by molar-refractivity contribution is -0.188. The van der Waals surface area contributed by atoms with Gasteiger partial charge < -0.3 is 19.9 Å². The minimum absolute atomic E-state index is 0.0109. The first-order valence-electron chi connectivity index (χ1n) is 9.97. The lowest BCUT2D eigenvalue weighted by Gasteiger charge is -2.44. The van der Waals surface area contributed by atoms with Crippen LogP contribution >= 0.6 is 11.5 Å². The van der Waals surface area contributed by atoms with Crippen LogP contribution in [0.2, 0.25) is 0 Å². The van der Waals surface area contributed by atoms with Crippen molar-refractivity contribution < 1.29 is 19.4 Å². The maximum atomic E-state index is 12.6. The molecule has 0 radical (unpaired) electrons. The topological polar surface area (TPSA) is 109 Å². The minimum Gasteiger partial charge on any atom is -0.495 e. The Bertz CT molecular complexity index is 870. The van der Waals surface area contributed by atoms with Gasteiger partial charge in [0.1, 0.15) is 16.4 Å². The molecule has 4 rings (SSSR count). The molecule has 2 aromatic rings. The number of anilines is 1. The molecule has 3 N–H and O–H groups in total. The molecule has 2 amide bonds. The predicted octanol–water partition coefficient (Wildman–Crippen LogP) is 1.60. The molecule has 2 aliphatic heterocycles. The van der Waals surface area contributed by atoms with Crippen LogP contribution in [0.4, 0.5) is 9.80 Å². The summed E-state index contributed by atoms with van der Waals surface area (Å²) in [5.41, 5.74) is 0.984. The second-order valence-corrected chi connectivity index (χ2v) is 8.81. The number of aryl methyl sites for hydroxylation is 1. The number of piperidine rings is 1. The van der Waals surface area contributed by atoms with Gasteiger partial charge in [-0.25, -0.2) is 4.79 Å². The molecule has 9 nitrogen and oxygen atoms in total. The highest BCUT2D eigenvalue weighted by atomic mass is 32.1. The Morgan fingerprint density at radius 2 is 2.30 bits per heavy atom. The molecule has 10 heteroatoms. The van der Waals surface area contributed by atoms with Crippen LogP contribution in [0.15, 0.2) is 24.4 Å². The number of pyridine rings is 1. The number of likely N-dealkylation sites (tertiary alicyclic amines) is 1. The number of amides is 2. The smallest absolute Gasteiger partial charge is 0.320 e. The van der Waals surface area contributed by atoms with Crippen molar-refractivity contribution in [3.8, 4) is 5.75 Å². The Morgan fingerprint density at radius 1 is 1.47 bits per heavy atom. The fourth-order valence-corrected chi connectivity index (χ4v) is 4.61. The largest absolute Gasteiger partial charge is 0.495 e. The average Bonchev–Trinajstić information content (AvgIpc) is 3.12. The Balaban J connectivity index is 1.46. The molecule has 0 saturated carbocycles. The number of hydrogen-bond donors (Lipinski definition) is 3. The highest BCUT2D eigenvalue weighted by Crippen LogP contribution is 2.29. The highest BCUT2D eigenvalue weighted by Gasteiger charge is 2.41. The first kappa shape index (κ1) is 21.0. The van der Waals surface area contributed by atoms with Crippen molar-refractivity contribution in [1.82, 2.24) is 19.6 Å². The molecule has 30 heavy (non-hydrogen) atoms. The maximum Gasteiger partial charge on any atom is 0.320 e. The van der Waals surface area contributed by atoms with Crippen molar-refractivity contribution in [2.24, 2.45) is 0 Å². The summed E-state index contributed by atoms with van der Waals surface area (Å²) in [4.78, 5) is 19.4. The van der Waals surface area contributed by atoms with Crippen LogP contribution in [0, 0.1) is 6.92 Å². The van der Waals surface area contributed by atoms with Crippen molar-refractivity contribution in [2.45, 2.75) is 30.9 Å². The lowest BCUT2D eigenvalue weighted by Crippen LogP contribution is -2.60. The van der Waals surface area contributed by atoms with Crippen LogP contribution in [-0.2, 0) is 4.74 Å². The number of carbonyl (C=O) groups excluding carboxylic acids is 1. The fraction of sp³-hybridized carbons (Fsp3) is 0.550. The molecule has 0 aliphatic carbocycles. The zero-order chi connectivity index (χ0) is 21.1. The monoisotopic (exact) mass is 433 g/mol. The number of hydrogen-bond acceptors (Lipinski definition) is 8. The van der Waals surface area contributed by atoms with E-state index in [4.69, 9.17) is 9.47 Å². The Kier molecular flexibility index (Phi) is 6.19. The number of β-amino-alcohol motifs (C(OH)–C–C–N with tert-alkyl or cyclic N) is 1. The number of ether oxygens (including phenoxy) is 2. The van der Waals surface area contributed by atoms with Crippen molar-refractivity contribution in [2.75, 3.05) is 45.3 Å². The third kappa shape index (κ3) is 4.89. The minimum atomic E-state index is -0.778. The highest BCUT2D eigenvalue weighted by molar-refractivity contribution is 7.10. The molecule has 2 atom stereocenters. The van der Waals surface area contributed by atoms with Crippen molar-refractivity contribution >= 4 is 22.6 Å². The molecule has 4 heterocycles. The van der Waals surface area contributed by atoms with E-state index in [0.717, 1.165) is 24.4 Å². The summed E-state index contributed by atoms with van der Waals surface area (Å²) in [7, 11) is 1.61. The first-order valence-corrected chi connectivity index (χ1v) is 10.7. The molecule has 0 spiro atoms. The van der Waals surface area contributed by atoms with Crippen LogP contribution < -0.4 is 15.4 Å². The summed E-state index contributed by atoms with van der Waals surface area (Å²) in [6.45, 7) is 4.65. The molecule has 2 saturated heterocycles. The van der Waals surface area contributed by atoms with Gasteiger partial charge in [-0.2, -0.15) is 4.37 Å². The van der Waals surface area contributed by atoms with Gasteiger partial charge in [0.15, 0.2) is 0 Å². The molecule has 2 fully saturated rings. The number of urea groups is 1. The van der Waals surface area contributed by atoms with Crippen LogP contribution in [0.3, 0.4) is 0 Å². The van der Waals surface area contributed by atoms with Gasteiger partial charge in [-0.3, -0.25) is 15.2 Å². The third-order valence-corrected chi connectivity index (χ3v) is 6.31. The van der Waals surface area contributed by atoms with Crippen molar-refractivity contribution in [3.05, 3.63) is 35.8 Å². The summed E-state index contributed by atoms with van der Waals surface area (Å²) in [6.07, 6.45) is 2.45. The molecule has 2 aromatic heterocycles. The van der Waals surface area contributed by atoms with E-state index < -0.39 is 5.60 Å². The van der Waals surface area contributed by atoms with E-state index in [1.165, 1.54) is 11.5 Å². The average molecular weight is 434 g/mol. The van der Waals surface area contributed by atoms with E-state index in [-0.39, 0.29) is 18.0 Å². The number of nitrogens with zero attached hydrogens (tertiary/aromatic N) is 3. The van der Waals surface area contributed by atoms with E-state index in [9.17, 15) is 9.90 Å². The SMILES string of the molecule is COc1ccc(C2CN(CC3(O)COC3)CCC2NC(=O)Nc2cc(C)ns2)nc1. The van der Waals surface area contributed by atoms with Gasteiger partial charge in [-0.05, 0) is 43.1 Å². The first-order chi connectivity index (χ1) is 14.4. The summed E-state index contributed by atoms with van der Waals surface area (Å²) < 4.78 is 14.6. The van der Waals surface area contributed by atoms with Gasteiger partial charge in [0.25, 0.3) is 0 Å². The molecule has 0 bridgehead atoms. The Morgan fingerprint density at radius 3 is 2.90 bits per heavy atom. The fourth-order valence-electron chi connectivity index (χ4n) is 3.95. The number of methoxy groups -OCH3 is 1. The molecule has 162 valence electrons. The summed E-state index contributed by atoms with van der Waals surface area (Å²) in [5, 5.41) is 17.2. The lowest BCUT2D eigenvalue weighted by atomic mass is 9.87. The van der Waals surface area contributed by atoms with Crippen LogP contribution in [0.5, 0.6) is 5.75 Å². The Hall–Kier alpha value is -2.27. The molecule has 0 aromatic carbocycles. The summed E-state index contributed by atoms with van der Waals surface area (Å²) >= 11 is 1.26. The van der Waals surface area contributed by atoms with Gasteiger partial charge >= 0.3 is 6.03 Å². The van der Waals surface area contributed by atoms with Gasteiger partial charge in [-0.1, -0.05) is 0 Å². The van der Waals surface area contributed by atoms with Crippen molar-refractivity contribution in [3.63, 3.8) is 0 Å². The number of carbonyl (C=O) groups is 1. The number of aromatic nitrogens is 2. The standard InChI is InChI=1S/C20H27N5O4S/c1-13-7-18(30-24-13)23-19(26)22-17-5-6-25(10-20(27)11-29-12-20)9-15(17)16-4-3-14(28-2)8-21-16/h3-4,7-8,15,17,27H,5-6,9-12H2,1-2H3,(H2,22,23,26). The van der Waals surface area contributed by atoms with Crippen molar-refractivity contribution in [1.29, 1.82) is 0 Å². The van der Waals surface area contributed by atoms with Crippen LogP contribution in [0.25, 0.3) is 0 Å². The van der Waals surface area contributed by atoms with Gasteiger partial charge in [-0.15, -0.1) is 0 Å². The summed E-state index contributed by atoms with van der Waals surface area (Å²) in [5.74, 6) is 0.679. The van der Waals surface area contributed by atoms with E-state index in [0.29, 0.717) is 37.1 Å².